The number of hydrogen-bond acceptors (Lipinski definition) is 4. The van der Waals surface area contributed by atoms with E-state index in [1.54, 1.807) is 0 Å². The third kappa shape index (κ3) is 4.94. The van der Waals surface area contributed by atoms with Gasteiger partial charge in [-0.25, -0.2) is 0 Å². The van der Waals surface area contributed by atoms with Crippen LogP contribution in [-0.4, -0.2) is 53.6 Å². The van der Waals surface area contributed by atoms with E-state index in [1.165, 1.54) is 31.4 Å². The average Bonchev–Trinajstić information content (AvgIpc) is 3.30. The molecule has 2 saturated heterocycles. The lowest BCUT2D eigenvalue weighted by atomic mass is 9.79. The summed E-state index contributed by atoms with van der Waals surface area (Å²) in [5.74, 6) is 1.13. The van der Waals surface area contributed by atoms with Gasteiger partial charge in [0.2, 0.25) is 5.91 Å². The number of rotatable bonds is 7. The fraction of sp³-hybridized carbons (Fsp3) is 0.600. The Labute approximate surface area is 180 Å². The van der Waals surface area contributed by atoms with Crippen LogP contribution in [0.3, 0.4) is 0 Å². The number of hydrogen-bond donors (Lipinski definition) is 0. The summed E-state index contributed by atoms with van der Waals surface area (Å²) in [6.07, 6.45) is 7.31. The van der Waals surface area contributed by atoms with E-state index in [1.807, 2.05) is 13.8 Å². The van der Waals surface area contributed by atoms with Crippen LogP contribution in [0, 0.1) is 19.3 Å². The summed E-state index contributed by atoms with van der Waals surface area (Å²) in [7, 11) is 0. The Bertz CT molecular complexity index is 828. The van der Waals surface area contributed by atoms with E-state index < -0.39 is 0 Å². The SMILES string of the molecule is Cc1noc(C)c1CCC(=O)N1CCC2(CCCN(CCCc3ccccc3)C2)C1. The fourth-order valence-electron chi connectivity index (χ4n) is 5.38. The zero-order valence-electron chi connectivity index (χ0n) is 18.5. The normalized spacial score (nSPS) is 22.1. The van der Waals surface area contributed by atoms with Gasteiger partial charge in [0, 0.05) is 37.0 Å². The molecule has 0 aliphatic carbocycles. The van der Waals surface area contributed by atoms with E-state index in [2.05, 4.69) is 45.3 Å². The summed E-state index contributed by atoms with van der Waals surface area (Å²) in [5.41, 5.74) is 3.75. The summed E-state index contributed by atoms with van der Waals surface area (Å²) in [6, 6.07) is 10.8. The quantitative estimate of drug-likeness (QED) is 0.689. The van der Waals surface area contributed by atoms with Crippen molar-refractivity contribution in [2.75, 3.05) is 32.7 Å². The molecule has 3 heterocycles. The molecule has 4 rings (SSSR count). The van der Waals surface area contributed by atoms with Gasteiger partial charge in [0.05, 0.1) is 5.69 Å². The molecule has 30 heavy (non-hydrogen) atoms. The molecule has 1 unspecified atom stereocenters. The van der Waals surface area contributed by atoms with Gasteiger partial charge < -0.3 is 14.3 Å². The topological polar surface area (TPSA) is 49.6 Å². The first-order valence-electron chi connectivity index (χ1n) is 11.5. The Hall–Kier alpha value is -2.14. The zero-order chi connectivity index (χ0) is 21.0. The number of likely N-dealkylation sites (tertiary alicyclic amines) is 2. The highest BCUT2D eigenvalue weighted by Crippen LogP contribution is 2.39. The van der Waals surface area contributed by atoms with Crippen molar-refractivity contribution in [3.63, 3.8) is 0 Å². The lowest BCUT2D eigenvalue weighted by Crippen LogP contribution is -2.45. The summed E-state index contributed by atoms with van der Waals surface area (Å²) in [5, 5.41) is 4.01. The van der Waals surface area contributed by atoms with Crippen molar-refractivity contribution in [2.45, 2.75) is 58.8 Å². The number of carbonyl (C=O) groups is 1. The molecule has 0 radical (unpaired) electrons. The lowest BCUT2D eigenvalue weighted by molar-refractivity contribution is -0.130. The van der Waals surface area contributed by atoms with Crippen molar-refractivity contribution in [3.05, 3.63) is 52.9 Å². The lowest BCUT2D eigenvalue weighted by Gasteiger charge is -2.40. The Morgan fingerprint density at radius 2 is 1.93 bits per heavy atom. The minimum Gasteiger partial charge on any atom is -0.361 e. The molecule has 2 aromatic rings. The smallest absolute Gasteiger partial charge is 0.222 e. The summed E-state index contributed by atoms with van der Waals surface area (Å²) in [4.78, 5) is 17.6. The largest absolute Gasteiger partial charge is 0.361 e. The molecule has 5 nitrogen and oxygen atoms in total. The maximum atomic E-state index is 12.9. The highest BCUT2D eigenvalue weighted by Gasteiger charge is 2.42. The van der Waals surface area contributed by atoms with Gasteiger partial charge in [-0.2, -0.15) is 0 Å². The van der Waals surface area contributed by atoms with Crippen molar-refractivity contribution < 1.29 is 9.32 Å². The molecule has 1 spiro atoms. The number of piperidine rings is 1. The van der Waals surface area contributed by atoms with E-state index in [-0.39, 0.29) is 5.91 Å². The predicted octanol–water partition coefficient (Wildman–Crippen LogP) is 4.17. The van der Waals surface area contributed by atoms with E-state index >= 15 is 0 Å². The van der Waals surface area contributed by atoms with Gasteiger partial charge in [-0.1, -0.05) is 35.5 Å². The predicted molar refractivity (Wildman–Crippen MR) is 118 cm³/mol. The van der Waals surface area contributed by atoms with Crippen molar-refractivity contribution >= 4 is 5.91 Å². The maximum Gasteiger partial charge on any atom is 0.222 e. The molecular weight excluding hydrogens is 374 g/mol. The summed E-state index contributed by atoms with van der Waals surface area (Å²) in [6.45, 7) is 9.25. The molecule has 5 heteroatoms. The van der Waals surface area contributed by atoms with Crippen molar-refractivity contribution in [2.24, 2.45) is 5.41 Å². The zero-order valence-corrected chi connectivity index (χ0v) is 18.5. The first-order valence-corrected chi connectivity index (χ1v) is 11.5. The van der Waals surface area contributed by atoms with Crippen LogP contribution < -0.4 is 0 Å². The Morgan fingerprint density at radius 1 is 1.10 bits per heavy atom. The van der Waals surface area contributed by atoms with Crippen LogP contribution in [-0.2, 0) is 17.6 Å². The second-order valence-corrected chi connectivity index (χ2v) is 9.34. The number of aryl methyl sites for hydroxylation is 3. The van der Waals surface area contributed by atoms with Crippen LogP contribution in [0.5, 0.6) is 0 Å². The summed E-state index contributed by atoms with van der Waals surface area (Å²) >= 11 is 0. The first-order chi connectivity index (χ1) is 14.5. The molecule has 1 aromatic carbocycles. The monoisotopic (exact) mass is 409 g/mol. The van der Waals surface area contributed by atoms with Crippen LogP contribution in [0.25, 0.3) is 0 Å². The van der Waals surface area contributed by atoms with Crippen LogP contribution in [0.2, 0.25) is 0 Å². The first kappa shape index (κ1) is 21.1. The van der Waals surface area contributed by atoms with Gasteiger partial charge in [0.1, 0.15) is 5.76 Å². The number of benzene rings is 1. The number of amides is 1. The van der Waals surface area contributed by atoms with E-state index in [0.717, 1.165) is 62.5 Å². The fourth-order valence-corrected chi connectivity index (χ4v) is 5.38. The standard InChI is InChI=1S/C25H35N3O2/c1-20-23(21(2)30-26-20)11-12-24(29)28-17-14-25(19-28)13-7-16-27(18-25)15-6-10-22-8-4-3-5-9-22/h3-5,8-9H,6-7,10-19H2,1-2H3. The van der Waals surface area contributed by atoms with E-state index in [0.29, 0.717) is 11.8 Å². The number of nitrogens with zero attached hydrogens (tertiary/aromatic N) is 3. The van der Waals surface area contributed by atoms with Crippen LogP contribution in [0.4, 0.5) is 0 Å². The highest BCUT2D eigenvalue weighted by molar-refractivity contribution is 5.77. The van der Waals surface area contributed by atoms with Crippen LogP contribution in [0.1, 0.15) is 54.7 Å². The second-order valence-electron chi connectivity index (χ2n) is 9.34. The average molecular weight is 410 g/mol. The molecule has 162 valence electrons. The molecule has 0 bridgehead atoms. The van der Waals surface area contributed by atoms with Gasteiger partial charge in [-0.05, 0) is 71.0 Å². The summed E-state index contributed by atoms with van der Waals surface area (Å²) < 4.78 is 5.23. The Balaban J connectivity index is 1.25. The van der Waals surface area contributed by atoms with Crippen LogP contribution in [0.15, 0.2) is 34.9 Å². The van der Waals surface area contributed by atoms with Gasteiger partial charge >= 0.3 is 0 Å². The van der Waals surface area contributed by atoms with Gasteiger partial charge in [-0.15, -0.1) is 0 Å². The maximum absolute atomic E-state index is 12.9. The molecule has 2 fully saturated rings. The number of carbonyl (C=O) groups excluding carboxylic acids is 1. The van der Waals surface area contributed by atoms with Gasteiger partial charge in [0.15, 0.2) is 0 Å². The molecule has 1 aromatic heterocycles. The van der Waals surface area contributed by atoms with Crippen molar-refractivity contribution in [3.8, 4) is 0 Å². The van der Waals surface area contributed by atoms with Crippen LogP contribution >= 0.6 is 0 Å². The molecule has 0 saturated carbocycles. The molecule has 2 aliphatic heterocycles. The van der Waals surface area contributed by atoms with Gasteiger partial charge in [0.25, 0.3) is 0 Å². The molecule has 0 N–H and O–H groups in total. The highest BCUT2D eigenvalue weighted by atomic mass is 16.5. The van der Waals surface area contributed by atoms with E-state index in [9.17, 15) is 4.79 Å². The minimum absolute atomic E-state index is 0.285. The molecule has 1 amide bonds. The minimum atomic E-state index is 0.285. The van der Waals surface area contributed by atoms with Crippen molar-refractivity contribution in [1.82, 2.24) is 15.0 Å². The van der Waals surface area contributed by atoms with E-state index in [4.69, 9.17) is 4.52 Å². The Morgan fingerprint density at radius 3 is 2.70 bits per heavy atom. The number of aromatic nitrogens is 1. The Kier molecular flexibility index (Phi) is 6.57. The molecular formula is C25H35N3O2. The van der Waals surface area contributed by atoms with Gasteiger partial charge in [-0.3, -0.25) is 4.79 Å². The molecule has 1 atom stereocenters. The third-order valence-corrected chi connectivity index (χ3v) is 7.08. The molecule has 2 aliphatic rings. The third-order valence-electron chi connectivity index (χ3n) is 7.08. The van der Waals surface area contributed by atoms with Crippen molar-refractivity contribution in [1.29, 1.82) is 0 Å². The second kappa shape index (κ2) is 9.34.